The fraction of sp³-hybridized carbons (Fsp3) is 0.167. The third-order valence-electron chi connectivity index (χ3n) is 2.09. The average molecular weight is 230 g/mol. The van der Waals surface area contributed by atoms with E-state index in [2.05, 4.69) is 15.3 Å². The molecule has 3 N–H and O–H groups in total. The van der Waals surface area contributed by atoms with Crippen LogP contribution in [0.3, 0.4) is 0 Å². The molecule has 0 amide bonds. The van der Waals surface area contributed by atoms with E-state index in [0.29, 0.717) is 18.3 Å². The number of aromatic nitrogens is 2. The molecule has 5 nitrogen and oxygen atoms in total. The van der Waals surface area contributed by atoms with Crippen LogP contribution in [0, 0.1) is 0 Å². The van der Waals surface area contributed by atoms with Crippen molar-refractivity contribution in [3.8, 4) is 5.88 Å². The van der Waals surface area contributed by atoms with Gasteiger partial charge in [0, 0.05) is 11.4 Å². The van der Waals surface area contributed by atoms with Gasteiger partial charge in [0.05, 0.1) is 19.0 Å². The molecular weight excluding hydrogens is 216 g/mol. The molecule has 5 heteroatoms. The molecule has 17 heavy (non-hydrogen) atoms. The monoisotopic (exact) mass is 230 g/mol. The maximum Gasteiger partial charge on any atom is 0.234 e. The SMILES string of the molecule is CCOc1cncc(Nc2ccc(N)cc2)n1. The molecule has 88 valence electrons. The van der Waals surface area contributed by atoms with Crippen molar-refractivity contribution >= 4 is 17.2 Å². The highest BCUT2D eigenvalue weighted by molar-refractivity contribution is 5.58. The maximum atomic E-state index is 5.61. The lowest BCUT2D eigenvalue weighted by Gasteiger charge is -2.07. The minimum absolute atomic E-state index is 0.507. The van der Waals surface area contributed by atoms with Crippen LogP contribution < -0.4 is 15.8 Å². The van der Waals surface area contributed by atoms with Gasteiger partial charge in [0.15, 0.2) is 5.82 Å². The van der Waals surface area contributed by atoms with Crippen LogP contribution >= 0.6 is 0 Å². The lowest BCUT2D eigenvalue weighted by atomic mass is 10.3. The van der Waals surface area contributed by atoms with Gasteiger partial charge in [-0.3, -0.25) is 4.98 Å². The second-order valence-electron chi connectivity index (χ2n) is 3.42. The molecule has 0 radical (unpaired) electrons. The van der Waals surface area contributed by atoms with Crippen molar-refractivity contribution < 1.29 is 4.74 Å². The van der Waals surface area contributed by atoms with Crippen molar-refractivity contribution in [2.45, 2.75) is 6.92 Å². The van der Waals surface area contributed by atoms with Crippen LogP contribution in [0.5, 0.6) is 5.88 Å². The molecule has 0 aliphatic carbocycles. The maximum absolute atomic E-state index is 5.61. The van der Waals surface area contributed by atoms with Gasteiger partial charge in [0.25, 0.3) is 0 Å². The first-order valence-electron chi connectivity index (χ1n) is 5.35. The zero-order valence-corrected chi connectivity index (χ0v) is 9.55. The molecule has 0 fully saturated rings. The number of hydrogen-bond acceptors (Lipinski definition) is 5. The Kier molecular flexibility index (Phi) is 3.40. The summed E-state index contributed by atoms with van der Waals surface area (Å²) in [5.74, 6) is 1.15. The summed E-state index contributed by atoms with van der Waals surface area (Å²) in [6, 6.07) is 7.40. The fourth-order valence-corrected chi connectivity index (χ4v) is 1.34. The highest BCUT2D eigenvalue weighted by Crippen LogP contribution is 2.17. The molecule has 0 aliphatic rings. The van der Waals surface area contributed by atoms with Crippen LogP contribution in [0.4, 0.5) is 17.2 Å². The summed E-state index contributed by atoms with van der Waals surface area (Å²) in [7, 11) is 0. The summed E-state index contributed by atoms with van der Waals surface area (Å²) in [6.07, 6.45) is 3.22. The van der Waals surface area contributed by atoms with E-state index in [1.165, 1.54) is 0 Å². The van der Waals surface area contributed by atoms with Gasteiger partial charge >= 0.3 is 0 Å². The minimum atomic E-state index is 0.507. The van der Waals surface area contributed by atoms with Gasteiger partial charge in [0.2, 0.25) is 5.88 Å². The Morgan fingerprint density at radius 3 is 2.71 bits per heavy atom. The van der Waals surface area contributed by atoms with Crippen molar-refractivity contribution in [1.29, 1.82) is 0 Å². The predicted octanol–water partition coefficient (Wildman–Crippen LogP) is 2.20. The zero-order chi connectivity index (χ0) is 12.1. The Morgan fingerprint density at radius 1 is 1.24 bits per heavy atom. The molecule has 0 saturated carbocycles. The number of nitrogens with two attached hydrogens (primary N) is 1. The van der Waals surface area contributed by atoms with Crippen molar-refractivity contribution in [2.24, 2.45) is 0 Å². The smallest absolute Gasteiger partial charge is 0.234 e. The first-order valence-corrected chi connectivity index (χ1v) is 5.35. The number of hydrogen-bond donors (Lipinski definition) is 2. The third-order valence-corrected chi connectivity index (χ3v) is 2.09. The molecule has 1 aromatic heterocycles. The van der Waals surface area contributed by atoms with Gasteiger partial charge in [-0.25, -0.2) is 0 Å². The quantitative estimate of drug-likeness (QED) is 0.788. The summed E-state index contributed by atoms with van der Waals surface area (Å²) >= 11 is 0. The average Bonchev–Trinajstić information content (AvgIpc) is 2.33. The van der Waals surface area contributed by atoms with Crippen LogP contribution in [-0.2, 0) is 0 Å². The molecule has 2 aromatic rings. The number of ether oxygens (including phenoxy) is 1. The first kappa shape index (κ1) is 11.2. The predicted molar refractivity (Wildman–Crippen MR) is 67.3 cm³/mol. The van der Waals surface area contributed by atoms with Crippen molar-refractivity contribution in [2.75, 3.05) is 17.7 Å². The summed E-state index contributed by atoms with van der Waals surface area (Å²) in [5, 5.41) is 3.12. The molecular formula is C12H14N4O. The van der Waals surface area contributed by atoms with E-state index < -0.39 is 0 Å². The van der Waals surface area contributed by atoms with Crippen LogP contribution in [0.25, 0.3) is 0 Å². The Labute approximate surface area is 99.7 Å². The second-order valence-corrected chi connectivity index (χ2v) is 3.42. The number of rotatable bonds is 4. The van der Waals surface area contributed by atoms with Crippen molar-refractivity contribution in [3.05, 3.63) is 36.7 Å². The summed E-state index contributed by atoms with van der Waals surface area (Å²) in [6.45, 7) is 2.47. The molecule has 1 aromatic carbocycles. The summed E-state index contributed by atoms with van der Waals surface area (Å²) in [5.41, 5.74) is 7.24. The largest absolute Gasteiger partial charge is 0.477 e. The summed E-state index contributed by atoms with van der Waals surface area (Å²) in [4.78, 5) is 8.30. The second kappa shape index (κ2) is 5.16. The van der Waals surface area contributed by atoms with Crippen LogP contribution in [0.15, 0.2) is 36.7 Å². The van der Waals surface area contributed by atoms with E-state index in [0.717, 1.165) is 11.4 Å². The highest BCUT2D eigenvalue weighted by atomic mass is 16.5. The molecule has 2 rings (SSSR count). The molecule has 0 saturated heterocycles. The van der Waals surface area contributed by atoms with E-state index in [9.17, 15) is 0 Å². The molecule has 0 unspecified atom stereocenters. The Bertz CT molecular complexity index is 484. The first-order chi connectivity index (χ1) is 8.28. The summed E-state index contributed by atoms with van der Waals surface area (Å²) < 4.78 is 5.27. The number of nitrogens with zero attached hydrogens (tertiary/aromatic N) is 2. The van der Waals surface area contributed by atoms with Gasteiger partial charge in [-0.1, -0.05) is 0 Å². The van der Waals surface area contributed by atoms with E-state index >= 15 is 0 Å². The van der Waals surface area contributed by atoms with E-state index in [4.69, 9.17) is 10.5 Å². The number of benzene rings is 1. The zero-order valence-electron chi connectivity index (χ0n) is 9.55. The van der Waals surface area contributed by atoms with Crippen LogP contribution in [-0.4, -0.2) is 16.6 Å². The van der Waals surface area contributed by atoms with Gasteiger partial charge in [-0.05, 0) is 31.2 Å². The Morgan fingerprint density at radius 2 is 2.00 bits per heavy atom. The number of nitrogens with one attached hydrogen (secondary N) is 1. The van der Waals surface area contributed by atoms with Crippen molar-refractivity contribution in [1.82, 2.24) is 9.97 Å². The normalized spacial score (nSPS) is 9.94. The van der Waals surface area contributed by atoms with Crippen LogP contribution in [0.2, 0.25) is 0 Å². The van der Waals surface area contributed by atoms with Gasteiger partial charge in [0.1, 0.15) is 0 Å². The minimum Gasteiger partial charge on any atom is -0.477 e. The Hall–Kier alpha value is -2.30. The third kappa shape index (κ3) is 3.07. The van der Waals surface area contributed by atoms with Gasteiger partial charge in [-0.2, -0.15) is 4.98 Å². The Balaban J connectivity index is 2.12. The lowest BCUT2D eigenvalue weighted by molar-refractivity contribution is 0.326. The van der Waals surface area contributed by atoms with Gasteiger partial charge in [-0.15, -0.1) is 0 Å². The van der Waals surface area contributed by atoms with Crippen molar-refractivity contribution in [3.63, 3.8) is 0 Å². The lowest BCUT2D eigenvalue weighted by Crippen LogP contribution is -1.99. The molecule has 0 atom stereocenters. The number of anilines is 3. The molecule has 0 spiro atoms. The topological polar surface area (TPSA) is 73.1 Å². The van der Waals surface area contributed by atoms with E-state index in [-0.39, 0.29) is 0 Å². The fourth-order valence-electron chi connectivity index (χ4n) is 1.34. The molecule has 0 aliphatic heterocycles. The van der Waals surface area contributed by atoms with E-state index in [1.807, 2.05) is 31.2 Å². The molecule has 0 bridgehead atoms. The molecule has 1 heterocycles. The standard InChI is InChI=1S/C12H14N4O/c1-2-17-12-8-14-7-11(16-12)15-10-5-3-9(13)4-6-10/h3-8H,2,13H2,1H3,(H,15,16). The highest BCUT2D eigenvalue weighted by Gasteiger charge is 1.99. The van der Waals surface area contributed by atoms with Gasteiger partial charge < -0.3 is 15.8 Å². The number of nitrogen functional groups attached to an aromatic ring is 1. The van der Waals surface area contributed by atoms with Crippen LogP contribution in [0.1, 0.15) is 6.92 Å². The van der Waals surface area contributed by atoms with E-state index in [1.54, 1.807) is 12.4 Å².